The number of aliphatic hydroxyl groups is 1. The number of fused-ring (bicyclic) bond motifs is 1. The van der Waals surface area contributed by atoms with E-state index in [1.807, 2.05) is 107 Å². The molecule has 3 aromatic carbocycles. The van der Waals surface area contributed by atoms with Gasteiger partial charge in [0.2, 0.25) is 11.8 Å². The van der Waals surface area contributed by atoms with Gasteiger partial charge in [0.1, 0.15) is 11.6 Å². The number of carbonyl (C=O) groups is 3. The highest BCUT2D eigenvalue weighted by molar-refractivity contribution is 6.05. The molecule has 3 unspecified atom stereocenters. The number of carbonyl (C=O) groups excluding carboxylic acids is 3. The number of hydrogen-bond donors (Lipinski definition) is 1. The van der Waals surface area contributed by atoms with Gasteiger partial charge in [-0.3, -0.25) is 14.4 Å². The van der Waals surface area contributed by atoms with Gasteiger partial charge in [0, 0.05) is 25.3 Å². The minimum atomic E-state index is -1.30. The van der Waals surface area contributed by atoms with Crippen LogP contribution in [-0.4, -0.2) is 69.6 Å². The predicted molar refractivity (Wildman–Crippen MR) is 190 cm³/mol. The maximum absolute atomic E-state index is 15.3. The molecule has 3 aliphatic rings. The highest BCUT2D eigenvalue weighted by atomic mass is 16.5. The van der Waals surface area contributed by atoms with E-state index in [-0.39, 0.29) is 36.7 Å². The standard InChI is InChI=1S/C41H47N3O5/c1-7-21-42(25-30-15-11-9-12-16-30)37(46)34-35-38(47)44(33(26-45)31-17-13-10-14-18-31)36(41(35)24-29(5)40(34,6)49-41)39(48)43(22-8-2)32-23-27(3)19-20-28(32)4/h7-20,23,29,33-36,45H,1-2,21-22,24-26H2,3-6H3/t29?,33-,34-,35+,36?,40+,41?/m1/s1. The molecule has 49 heavy (non-hydrogen) atoms. The quantitative estimate of drug-likeness (QED) is 0.249. The van der Waals surface area contributed by atoms with Crippen LogP contribution in [-0.2, 0) is 25.7 Å². The number of aryl methyl sites for hydroxylation is 2. The number of amides is 3. The van der Waals surface area contributed by atoms with Crippen molar-refractivity contribution in [3.8, 4) is 0 Å². The molecular formula is C41H47N3O5. The smallest absolute Gasteiger partial charge is 0.253 e. The third kappa shape index (κ3) is 5.61. The summed E-state index contributed by atoms with van der Waals surface area (Å²) in [5.74, 6) is -2.80. The zero-order valence-corrected chi connectivity index (χ0v) is 28.9. The Kier molecular flexibility index (Phi) is 9.40. The van der Waals surface area contributed by atoms with E-state index in [0.29, 0.717) is 18.5 Å². The van der Waals surface area contributed by atoms with E-state index in [4.69, 9.17) is 4.74 Å². The van der Waals surface area contributed by atoms with Crippen LogP contribution in [0.25, 0.3) is 0 Å². The second-order valence-electron chi connectivity index (χ2n) is 14.1. The van der Waals surface area contributed by atoms with Gasteiger partial charge in [-0.25, -0.2) is 0 Å². The summed E-state index contributed by atoms with van der Waals surface area (Å²) in [7, 11) is 0. The van der Waals surface area contributed by atoms with Crippen LogP contribution in [0.5, 0.6) is 0 Å². The molecule has 3 amide bonds. The minimum Gasteiger partial charge on any atom is -0.394 e. The van der Waals surface area contributed by atoms with E-state index in [0.717, 1.165) is 22.4 Å². The highest BCUT2D eigenvalue weighted by Gasteiger charge is 2.80. The van der Waals surface area contributed by atoms with Crippen molar-refractivity contribution < 1.29 is 24.2 Å². The lowest BCUT2D eigenvalue weighted by atomic mass is 9.62. The fraction of sp³-hybridized carbons (Fsp3) is 0.390. The van der Waals surface area contributed by atoms with Crippen molar-refractivity contribution in [3.05, 3.63) is 126 Å². The van der Waals surface area contributed by atoms with Gasteiger partial charge in [0.25, 0.3) is 5.91 Å². The number of nitrogens with zero attached hydrogens (tertiary/aromatic N) is 3. The first-order chi connectivity index (χ1) is 23.5. The molecule has 3 saturated heterocycles. The maximum Gasteiger partial charge on any atom is 0.253 e. The molecule has 8 nitrogen and oxygen atoms in total. The summed E-state index contributed by atoms with van der Waals surface area (Å²) in [6.45, 7) is 16.2. The predicted octanol–water partition coefficient (Wildman–Crippen LogP) is 5.78. The van der Waals surface area contributed by atoms with Crippen molar-refractivity contribution in [2.75, 3.05) is 24.6 Å². The average molecular weight is 662 g/mol. The van der Waals surface area contributed by atoms with Crippen molar-refractivity contribution >= 4 is 23.4 Å². The Bertz CT molecular complexity index is 1740. The Morgan fingerprint density at radius 3 is 2.29 bits per heavy atom. The van der Waals surface area contributed by atoms with Crippen LogP contribution in [0.3, 0.4) is 0 Å². The monoisotopic (exact) mass is 661 g/mol. The molecule has 6 rings (SSSR count). The molecule has 1 N–H and O–H groups in total. The molecule has 3 aliphatic heterocycles. The Hall–Kier alpha value is -4.53. The first-order valence-corrected chi connectivity index (χ1v) is 17.1. The Morgan fingerprint density at radius 2 is 1.65 bits per heavy atom. The molecule has 3 fully saturated rings. The van der Waals surface area contributed by atoms with Crippen molar-refractivity contribution in [2.24, 2.45) is 17.8 Å². The van der Waals surface area contributed by atoms with Crippen LogP contribution in [0.1, 0.15) is 48.6 Å². The Labute approximate surface area is 289 Å². The van der Waals surface area contributed by atoms with Crippen molar-refractivity contribution in [1.29, 1.82) is 0 Å². The van der Waals surface area contributed by atoms with Crippen LogP contribution in [0.4, 0.5) is 5.69 Å². The van der Waals surface area contributed by atoms with Crippen molar-refractivity contribution in [2.45, 2.75) is 63.9 Å². The summed E-state index contributed by atoms with van der Waals surface area (Å²) in [6.07, 6.45) is 3.79. The largest absolute Gasteiger partial charge is 0.394 e. The van der Waals surface area contributed by atoms with Gasteiger partial charge in [0.15, 0.2) is 0 Å². The molecule has 2 bridgehead atoms. The van der Waals surface area contributed by atoms with Gasteiger partial charge in [0.05, 0.1) is 30.1 Å². The first-order valence-electron chi connectivity index (χ1n) is 17.1. The van der Waals surface area contributed by atoms with E-state index in [1.54, 1.807) is 22.0 Å². The topological polar surface area (TPSA) is 90.4 Å². The van der Waals surface area contributed by atoms with E-state index in [9.17, 15) is 9.90 Å². The third-order valence-corrected chi connectivity index (χ3v) is 11.1. The van der Waals surface area contributed by atoms with Gasteiger partial charge < -0.3 is 24.5 Å². The molecule has 0 radical (unpaired) electrons. The van der Waals surface area contributed by atoms with Gasteiger partial charge in [-0.2, -0.15) is 0 Å². The number of ether oxygens (including phenoxy) is 1. The lowest BCUT2D eigenvalue weighted by Crippen LogP contribution is -2.57. The minimum absolute atomic E-state index is 0.138. The van der Waals surface area contributed by atoms with Crippen molar-refractivity contribution in [1.82, 2.24) is 9.80 Å². The molecule has 3 heterocycles. The fourth-order valence-electron chi connectivity index (χ4n) is 8.68. The molecule has 256 valence electrons. The second kappa shape index (κ2) is 13.4. The molecule has 1 spiro atoms. The van der Waals surface area contributed by atoms with Crippen LogP contribution in [0.15, 0.2) is 104 Å². The van der Waals surface area contributed by atoms with E-state index >= 15 is 9.59 Å². The molecule has 3 aromatic rings. The third-order valence-electron chi connectivity index (χ3n) is 11.1. The molecule has 0 aliphatic carbocycles. The zero-order valence-electron chi connectivity index (χ0n) is 28.9. The summed E-state index contributed by atoms with van der Waals surface area (Å²) in [5, 5.41) is 11.0. The summed E-state index contributed by atoms with van der Waals surface area (Å²) < 4.78 is 7.09. The number of likely N-dealkylation sites (tertiary alicyclic amines) is 1. The summed E-state index contributed by atoms with van der Waals surface area (Å²) >= 11 is 0. The molecule has 8 heteroatoms. The van der Waals surface area contributed by atoms with Gasteiger partial charge in [-0.05, 0) is 61.4 Å². The number of rotatable bonds is 12. The first kappa shape index (κ1) is 34.3. The number of aliphatic hydroxyl groups excluding tert-OH is 1. The number of benzene rings is 3. The highest BCUT2D eigenvalue weighted by Crippen LogP contribution is 2.66. The molecular weight excluding hydrogens is 614 g/mol. The van der Waals surface area contributed by atoms with Gasteiger partial charge in [-0.15, -0.1) is 13.2 Å². The lowest BCUT2D eigenvalue weighted by Gasteiger charge is -2.40. The zero-order chi connectivity index (χ0) is 35.1. The van der Waals surface area contributed by atoms with Gasteiger partial charge >= 0.3 is 0 Å². The second-order valence-corrected chi connectivity index (χ2v) is 14.1. The molecule has 0 saturated carbocycles. The van der Waals surface area contributed by atoms with Gasteiger partial charge in [-0.1, -0.05) is 91.9 Å². The summed E-state index contributed by atoms with van der Waals surface area (Å²) in [5.41, 5.74) is 1.97. The number of hydrogen-bond acceptors (Lipinski definition) is 5. The Morgan fingerprint density at radius 1 is 1.00 bits per heavy atom. The van der Waals surface area contributed by atoms with E-state index in [2.05, 4.69) is 13.2 Å². The van der Waals surface area contributed by atoms with E-state index in [1.165, 1.54) is 4.90 Å². The SMILES string of the molecule is C=CCN(Cc1ccccc1)C(=O)[C@H]1[C@H]2C(=O)N([C@H](CO)c3ccccc3)C(C(=O)N(CC=C)c3cc(C)ccc3C)C23CC(C)[C@]1(C)O3. The molecule has 0 aromatic heterocycles. The average Bonchev–Trinajstić information content (AvgIpc) is 3.61. The van der Waals surface area contributed by atoms with Crippen LogP contribution in [0, 0.1) is 31.6 Å². The van der Waals surface area contributed by atoms with Crippen molar-refractivity contribution in [3.63, 3.8) is 0 Å². The normalized spacial score (nSPS) is 27.4. The molecule has 7 atom stereocenters. The summed E-state index contributed by atoms with van der Waals surface area (Å²) in [4.78, 5) is 50.3. The Balaban J connectivity index is 1.51. The fourth-order valence-corrected chi connectivity index (χ4v) is 8.68. The van der Waals surface area contributed by atoms with Crippen LogP contribution in [0.2, 0.25) is 0 Å². The lowest BCUT2D eigenvalue weighted by molar-refractivity contribution is -0.154. The van der Waals surface area contributed by atoms with Crippen LogP contribution >= 0.6 is 0 Å². The van der Waals surface area contributed by atoms with E-state index < -0.39 is 41.7 Å². The maximum atomic E-state index is 15.3. The summed E-state index contributed by atoms with van der Waals surface area (Å²) in [6, 6.07) is 23.0. The van der Waals surface area contributed by atoms with Crippen LogP contribution < -0.4 is 4.90 Å². The number of anilines is 1.